The summed E-state index contributed by atoms with van der Waals surface area (Å²) in [6.45, 7) is 2.62. The highest BCUT2D eigenvalue weighted by Gasteiger charge is 2.35. The largest absolute Gasteiger partial charge is 0.378 e. The summed E-state index contributed by atoms with van der Waals surface area (Å²) in [7, 11) is 7.93. The molecule has 292 valence electrons. The van der Waals surface area contributed by atoms with Crippen LogP contribution in [0.5, 0.6) is 0 Å². The number of H-pyrrole nitrogens is 1. The maximum absolute atomic E-state index is 14.4. The maximum atomic E-state index is 14.4. The minimum absolute atomic E-state index is 0.0563. The van der Waals surface area contributed by atoms with Crippen LogP contribution in [-0.2, 0) is 16.1 Å². The number of hydrogen-bond acceptors (Lipinski definition) is 11. The zero-order chi connectivity index (χ0) is 39.8. The average Bonchev–Trinajstić information content (AvgIpc) is 3.51. The van der Waals surface area contributed by atoms with Crippen molar-refractivity contribution in [2.24, 2.45) is 0 Å². The minimum atomic E-state index is -0.940. The maximum Gasteiger partial charge on any atom is 0.329 e. The number of nitrogens with zero attached hydrogens (tertiary/aromatic N) is 8. The molecule has 7 rings (SSSR count). The zero-order valence-corrected chi connectivity index (χ0v) is 33.2. The zero-order valence-electron chi connectivity index (χ0n) is 31.6. The van der Waals surface area contributed by atoms with Crippen LogP contribution in [0.2, 0.25) is 0 Å². The van der Waals surface area contributed by atoms with E-state index in [1.807, 2.05) is 62.3 Å². The molecule has 0 spiro atoms. The number of thioether (sulfide) groups is 1. The molecule has 3 aromatic carbocycles. The Kier molecular flexibility index (Phi) is 10.9. The Labute approximate surface area is 331 Å². The lowest BCUT2D eigenvalue weighted by molar-refractivity contribution is -0.136. The molecule has 4 N–H and O–H groups in total. The predicted octanol–water partition coefficient (Wildman–Crippen LogP) is 4.19. The number of nitrogens with one attached hydrogen (secondary N) is 2. The first-order valence-corrected chi connectivity index (χ1v) is 19.7. The summed E-state index contributed by atoms with van der Waals surface area (Å²) in [5.74, 6) is -1.09. The monoisotopic (exact) mass is 799 g/mol. The van der Waals surface area contributed by atoms with Crippen LogP contribution in [-0.4, -0.2) is 113 Å². The number of piperazine rings is 1. The quantitative estimate of drug-likeness (QED) is 0.183. The molecule has 15 nitrogen and oxygen atoms in total. The molecule has 0 radical (unpaired) electrons. The van der Waals surface area contributed by atoms with Crippen LogP contribution in [0.4, 0.5) is 37.9 Å². The van der Waals surface area contributed by atoms with Gasteiger partial charge in [0, 0.05) is 88.2 Å². The Morgan fingerprint density at radius 3 is 2.07 bits per heavy atom. The third-order valence-corrected chi connectivity index (χ3v) is 11.7. The van der Waals surface area contributed by atoms with Crippen LogP contribution in [0.15, 0.2) is 80.4 Å². The van der Waals surface area contributed by atoms with Crippen molar-refractivity contribution in [3.8, 4) is 0 Å². The van der Waals surface area contributed by atoms with E-state index in [-0.39, 0.29) is 67.5 Å². The van der Waals surface area contributed by atoms with E-state index in [1.165, 1.54) is 30.8 Å². The molecule has 1 saturated heterocycles. The van der Waals surface area contributed by atoms with Gasteiger partial charge in [-0.05, 0) is 54.1 Å². The lowest BCUT2D eigenvalue weighted by Crippen LogP contribution is -2.57. The van der Waals surface area contributed by atoms with Crippen molar-refractivity contribution in [3.63, 3.8) is 0 Å². The number of aromatic nitrogens is 4. The lowest BCUT2D eigenvalue weighted by Gasteiger charge is -2.40. The molecule has 0 aliphatic carbocycles. The normalized spacial score (nSPS) is 14.3. The number of nitrogen functional groups attached to an aromatic ring is 1. The summed E-state index contributed by atoms with van der Waals surface area (Å²) < 4.78 is 15.4. The van der Waals surface area contributed by atoms with Crippen molar-refractivity contribution < 1.29 is 18.8 Å². The summed E-state index contributed by atoms with van der Waals surface area (Å²) in [4.78, 5) is 76.0. The summed E-state index contributed by atoms with van der Waals surface area (Å²) in [6, 6.07) is 16.9. The minimum Gasteiger partial charge on any atom is -0.378 e. The number of carbonyl (C=O) groups is 3. The molecule has 56 heavy (non-hydrogen) atoms. The first-order chi connectivity index (χ1) is 26.8. The molecule has 1 atom stereocenters. The molecular formula is C38H42FN11O4S2. The topological polar surface area (TPSA) is 169 Å². The highest BCUT2D eigenvalue weighted by atomic mass is 32.2. The summed E-state index contributed by atoms with van der Waals surface area (Å²) >= 11 is 2.80. The van der Waals surface area contributed by atoms with Crippen LogP contribution in [0.3, 0.4) is 0 Å². The number of halogens is 1. The van der Waals surface area contributed by atoms with Gasteiger partial charge in [0.05, 0.1) is 17.9 Å². The number of anilines is 5. The van der Waals surface area contributed by atoms with E-state index in [9.17, 15) is 23.6 Å². The predicted molar refractivity (Wildman–Crippen MR) is 218 cm³/mol. The Bertz CT molecular complexity index is 2320. The molecule has 1 fully saturated rings. The standard InChI is InChI=1S/C38H42FN11O4S2/c1-22(51)41-27(21-55-37-42-32-33(43-36(40)44-34(32)52)49(37)20-23-6-8-24(39)9-7-23)35(53)47-14-16-48(17-15-47)38(54)50-28-12-10-25(45(2)3)18-30(28)56-31-19-26(46(4)5)11-13-29(31)50/h6-13,18-19,27H,14-17,20-21H2,1-5H3,(H,41,51)(H3,40,43,44,52)/t27-/m0/s1. The second-order valence-corrected chi connectivity index (χ2v) is 16.0. The van der Waals surface area contributed by atoms with E-state index < -0.39 is 23.3 Å². The second kappa shape index (κ2) is 15.8. The van der Waals surface area contributed by atoms with E-state index in [4.69, 9.17) is 5.73 Å². The number of amides is 4. The Morgan fingerprint density at radius 1 is 0.911 bits per heavy atom. The van der Waals surface area contributed by atoms with Crippen LogP contribution in [0.1, 0.15) is 12.5 Å². The van der Waals surface area contributed by atoms with Gasteiger partial charge in [-0.15, -0.1) is 0 Å². The highest BCUT2D eigenvalue weighted by Crippen LogP contribution is 2.50. The molecule has 18 heteroatoms. The number of rotatable bonds is 9. The van der Waals surface area contributed by atoms with Crippen molar-refractivity contribution in [2.45, 2.75) is 34.5 Å². The highest BCUT2D eigenvalue weighted by molar-refractivity contribution is 7.99. The van der Waals surface area contributed by atoms with Gasteiger partial charge in [-0.2, -0.15) is 4.98 Å². The summed E-state index contributed by atoms with van der Waals surface area (Å²) in [5, 5.41) is 3.14. The van der Waals surface area contributed by atoms with Crippen molar-refractivity contribution in [1.29, 1.82) is 0 Å². The van der Waals surface area contributed by atoms with Gasteiger partial charge < -0.3 is 30.7 Å². The summed E-state index contributed by atoms with van der Waals surface area (Å²) in [5.41, 5.74) is 9.98. The van der Waals surface area contributed by atoms with Gasteiger partial charge in [-0.1, -0.05) is 35.7 Å². The second-order valence-electron chi connectivity index (χ2n) is 13.9. The van der Waals surface area contributed by atoms with Crippen molar-refractivity contribution in [2.75, 3.05) is 80.6 Å². The Hall–Kier alpha value is -5.75. The van der Waals surface area contributed by atoms with Crippen LogP contribution in [0.25, 0.3) is 11.2 Å². The van der Waals surface area contributed by atoms with Crippen molar-refractivity contribution >= 4 is 81.2 Å². The van der Waals surface area contributed by atoms with Crippen LogP contribution < -0.4 is 31.3 Å². The first kappa shape index (κ1) is 38.5. The number of nitrogens with two attached hydrogens (primary N) is 1. The SMILES string of the molecule is CC(=O)N[C@@H](CSc1nc2c(=O)[nH]c(N)nc2n1Cc1ccc(F)cc1)C(=O)N1CCN(C(=O)N2c3ccc(N(C)C)cc3Sc3cc(N(C)C)ccc32)CC1. The van der Waals surface area contributed by atoms with E-state index in [2.05, 4.69) is 32.4 Å². The number of imidazole rings is 1. The first-order valence-electron chi connectivity index (χ1n) is 17.9. The van der Waals surface area contributed by atoms with Gasteiger partial charge in [0.15, 0.2) is 16.3 Å². The fraction of sp³-hybridized carbons (Fsp3) is 0.316. The summed E-state index contributed by atoms with van der Waals surface area (Å²) in [6.07, 6.45) is 0. The number of hydrogen-bond donors (Lipinski definition) is 3. The van der Waals surface area contributed by atoms with E-state index in [0.717, 1.165) is 38.1 Å². The van der Waals surface area contributed by atoms with Crippen LogP contribution >= 0.6 is 23.5 Å². The van der Waals surface area contributed by atoms with Gasteiger partial charge in [0.1, 0.15) is 11.9 Å². The number of aromatic amines is 1. The molecule has 0 bridgehead atoms. The van der Waals surface area contributed by atoms with Crippen LogP contribution in [0, 0.1) is 5.82 Å². The molecule has 0 saturated carbocycles. The van der Waals surface area contributed by atoms with Gasteiger partial charge in [-0.25, -0.2) is 14.2 Å². The lowest BCUT2D eigenvalue weighted by atomic mass is 10.2. The van der Waals surface area contributed by atoms with Gasteiger partial charge in [-0.3, -0.25) is 28.8 Å². The van der Waals surface area contributed by atoms with Gasteiger partial charge in [0.25, 0.3) is 5.56 Å². The number of benzene rings is 3. The Balaban J connectivity index is 1.09. The average molecular weight is 800 g/mol. The third kappa shape index (κ3) is 7.84. The fourth-order valence-electron chi connectivity index (χ4n) is 6.64. The molecule has 2 aromatic heterocycles. The van der Waals surface area contributed by atoms with E-state index in [0.29, 0.717) is 5.16 Å². The molecule has 4 amide bonds. The van der Waals surface area contributed by atoms with E-state index >= 15 is 0 Å². The Morgan fingerprint density at radius 2 is 1.50 bits per heavy atom. The molecule has 4 heterocycles. The van der Waals surface area contributed by atoms with Crippen molar-refractivity contribution in [3.05, 3.63) is 82.4 Å². The van der Waals surface area contributed by atoms with Gasteiger partial charge >= 0.3 is 6.03 Å². The van der Waals surface area contributed by atoms with Crippen molar-refractivity contribution in [1.82, 2.24) is 34.6 Å². The number of urea groups is 1. The number of fused-ring (bicyclic) bond motifs is 3. The fourth-order valence-corrected chi connectivity index (χ4v) is 8.77. The molecule has 5 aromatic rings. The molecule has 2 aliphatic rings. The van der Waals surface area contributed by atoms with Gasteiger partial charge in [0.2, 0.25) is 17.8 Å². The smallest absolute Gasteiger partial charge is 0.329 e. The van der Waals surface area contributed by atoms with E-state index in [1.54, 1.807) is 43.2 Å². The number of carbonyl (C=O) groups excluding carboxylic acids is 3. The molecule has 0 unspecified atom stereocenters. The molecule has 2 aliphatic heterocycles. The third-order valence-electron chi connectivity index (χ3n) is 9.57. The molecular weight excluding hydrogens is 758 g/mol.